The average Bonchev–Trinajstić information content (AvgIpc) is 2.23. The molecule has 0 radical (unpaired) electrons. The molecular weight excluding hydrogens is 196 g/mol. The summed E-state index contributed by atoms with van der Waals surface area (Å²) in [7, 11) is 0. The van der Waals surface area contributed by atoms with Crippen LogP contribution in [0.1, 0.15) is 47.0 Å². The van der Waals surface area contributed by atoms with Crippen molar-refractivity contribution in [2.75, 3.05) is 26.2 Å². The van der Waals surface area contributed by atoms with E-state index in [1.165, 1.54) is 45.4 Å². The molecule has 0 aromatic heterocycles. The number of nitrogens with zero attached hydrogens (tertiary/aromatic N) is 1. The Morgan fingerprint density at radius 2 is 2.06 bits per heavy atom. The van der Waals surface area contributed by atoms with Crippen molar-refractivity contribution in [1.29, 1.82) is 0 Å². The normalized spacial score (nSPS) is 27.6. The highest BCUT2D eigenvalue weighted by Gasteiger charge is 2.23. The Morgan fingerprint density at radius 3 is 2.69 bits per heavy atom. The van der Waals surface area contributed by atoms with Gasteiger partial charge in [-0.1, -0.05) is 34.1 Å². The zero-order chi connectivity index (χ0) is 12.0. The number of rotatable bonds is 6. The van der Waals surface area contributed by atoms with Gasteiger partial charge in [0.15, 0.2) is 0 Å². The van der Waals surface area contributed by atoms with Gasteiger partial charge in [-0.25, -0.2) is 0 Å². The molecule has 96 valence electrons. The second-order valence-corrected chi connectivity index (χ2v) is 5.95. The molecular formula is C14H30N2. The zero-order valence-electron chi connectivity index (χ0n) is 11.6. The summed E-state index contributed by atoms with van der Waals surface area (Å²) >= 11 is 0. The van der Waals surface area contributed by atoms with E-state index in [0.717, 1.165) is 17.9 Å². The second-order valence-electron chi connectivity index (χ2n) is 5.95. The first-order valence-corrected chi connectivity index (χ1v) is 7.07. The van der Waals surface area contributed by atoms with Gasteiger partial charge < -0.3 is 10.2 Å². The summed E-state index contributed by atoms with van der Waals surface area (Å²) in [6.07, 6.45) is 4.02. The molecule has 0 aromatic rings. The smallest absolute Gasteiger partial charge is 0.0198 e. The summed E-state index contributed by atoms with van der Waals surface area (Å²) in [5, 5.41) is 3.72. The van der Waals surface area contributed by atoms with Crippen LogP contribution in [-0.2, 0) is 0 Å². The Morgan fingerprint density at radius 1 is 1.31 bits per heavy atom. The summed E-state index contributed by atoms with van der Waals surface area (Å²) < 4.78 is 0. The third kappa shape index (κ3) is 5.31. The van der Waals surface area contributed by atoms with Gasteiger partial charge in [-0.15, -0.1) is 0 Å². The van der Waals surface area contributed by atoms with E-state index < -0.39 is 0 Å². The largest absolute Gasteiger partial charge is 0.312 e. The maximum absolute atomic E-state index is 3.72. The Kier molecular flexibility index (Phi) is 6.37. The third-order valence-electron chi connectivity index (χ3n) is 3.38. The van der Waals surface area contributed by atoms with Crippen molar-refractivity contribution in [3.8, 4) is 0 Å². The quantitative estimate of drug-likeness (QED) is 0.749. The van der Waals surface area contributed by atoms with Crippen LogP contribution < -0.4 is 5.32 Å². The van der Waals surface area contributed by atoms with Crippen LogP contribution in [0.5, 0.6) is 0 Å². The maximum atomic E-state index is 3.72. The zero-order valence-corrected chi connectivity index (χ0v) is 11.6. The van der Waals surface area contributed by atoms with Crippen molar-refractivity contribution in [2.24, 2.45) is 11.8 Å². The summed E-state index contributed by atoms with van der Waals surface area (Å²) in [5.41, 5.74) is 0. The molecule has 2 atom stereocenters. The van der Waals surface area contributed by atoms with E-state index in [-0.39, 0.29) is 0 Å². The molecule has 1 N–H and O–H groups in total. The molecule has 0 saturated carbocycles. The van der Waals surface area contributed by atoms with Gasteiger partial charge in [-0.05, 0) is 37.8 Å². The highest BCUT2D eigenvalue weighted by atomic mass is 15.2. The summed E-state index contributed by atoms with van der Waals surface area (Å²) in [6, 6.07) is 0.725. The van der Waals surface area contributed by atoms with Crippen LogP contribution in [0.4, 0.5) is 0 Å². The van der Waals surface area contributed by atoms with Gasteiger partial charge in [0.2, 0.25) is 0 Å². The van der Waals surface area contributed by atoms with Crippen LogP contribution in [0.2, 0.25) is 0 Å². The Balaban J connectivity index is 2.29. The molecule has 1 heterocycles. The van der Waals surface area contributed by atoms with Gasteiger partial charge >= 0.3 is 0 Å². The topological polar surface area (TPSA) is 15.3 Å². The summed E-state index contributed by atoms with van der Waals surface area (Å²) in [6.45, 7) is 14.3. The molecule has 1 fully saturated rings. The minimum Gasteiger partial charge on any atom is -0.312 e. The lowest BCUT2D eigenvalue weighted by Gasteiger charge is -2.37. The SMILES string of the molecule is CCCCN1CC(C)CC(NCC(C)C)C1. The number of nitrogens with one attached hydrogen (secondary N) is 1. The first-order valence-electron chi connectivity index (χ1n) is 7.07. The number of hydrogen-bond acceptors (Lipinski definition) is 2. The van der Waals surface area contributed by atoms with Crippen LogP contribution in [-0.4, -0.2) is 37.1 Å². The second kappa shape index (κ2) is 7.29. The molecule has 0 aliphatic carbocycles. The minimum absolute atomic E-state index is 0.725. The molecule has 0 aromatic carbocycles. The Hall–Kier alpha value is -0.0800. The predicted octanol–water partition coefficient (Wildman–Crippen LogP) is 2.74. The first-order chi connectivity index (χ1) is 7.61. The van der Waals surface area contributed by atoms with Gasteiger partial charge in [-0.2, -0.15) is 0 Å². The molecule has 2 unspecified atom stereocenters. The first kappa shape index (κ1) is 14.0. The highest BCUT2D eigenvalue weighted by molar-refractivity contribution is 4.81. The fourth-order valence-corrected chi connectivity index (χ4v) is 2.58. The molecule has 1 saturated heterocycles. The van der Waals surface area contributed by atoms with Gasteiger partial charge in [-0.3, -0.25) is 0 Å². The molecule has 2 heteroatoms. The Labute approximate surface area is 102 Å². The molecule has 16 heavy (non-hydrogen) atoms. The van der Waals surface area contributed by atoms with Gasteiger partial charge in [0.1, 0.15) is 0 Å². The van der Waals surface area contributed by atoms with E-state index >= 15 is 0 Å². The van der Waals surface area contributed by atoms with Gasteiger partial charge in [0.25, 0.3) is 0 Å². The molecule has 0 amide bonds. The van der Waals surface area contributed by atoms with Crippen molar-refractivity contribution >= 4 is 0 Å². The van der Waals surface area contributed by atoms with E-state index in [1.807, 2.05) is 0 Å². The number of likely N-dealkylation sites (tertiary alicyclic amines) is 1. The fourth-order valence-electron chi connectivity index (χ4n) is 2.58. The van der Waals surface area contributed by atoms with Crippen LogP contribution in [0.25, 0.3) is 0 Å². The predicted molar refractivity (Wildman–Crippen MR) is 71.8 cm³/mol. The van der Waals surface area contributed by atoms with E-state index in [0.29, 0.717) is 0 Å². The fraction of sp³-hybridized carbons (Fsp3) is 1.00. The Bertz CT molecular complexity index is 180. The van der Waals surface area contributed by atoms with Crippen LogP contribution in [0.3, 0.4) is 0 Å². The number of hydrogen-bond donors (Lipinski definition) is 1. The lowest BCUT2D eigenvalue weighted by Crippen LogP contribution is -2.49. The molecule has 1 aliphatic heterocycles. The number of piperidine rings is 1. The number of unbranched alkanes of at least 4 members (excludes halogenated alkanes) is 1. The molecule has 1 rings (SSSR count). The van der Waals surface area contributed by atoms with E-state index in [9.17, 15) is 0 Å². The van der Waals surface area contributed by atoms with E-state index in [1.54, 1.807) is 0 Å². The summed E-state index contributed by atoms with van der Waals surface area (Å²) in [5.74, 6) is 1.62. The van der Waals surface area contributed by atoms with Gasteiger partial charge in [0.05, 0.1) is 0 Å². The maximum Gasteiger partial charge on any atom is 0.0198 e. The lowest BCUT2D eigenvalue weighted by atomic mass is 9.95. The van der Waals surface area contributed by atoms with Crippen molar-refractivity contribution in [3.05, 3.63) is 0 Å². The van der Waals surface area contributed by atoms with Crippen molar-refractivity contribution in [1.82, 2.24) is 10.2 Å². The molecule has 0 bridgehead atoms. The molecule has 2 nitrogen and oxygen atoms in total. The monoisotopic (exact) mass is 226 g/mol. The van der Waals surface area contributed by atoms with E-state index in [2.05, 4.69) is 37.9 Å². The van der Waals surface area contributed by atoms with E-state index in [4.69, 9.17) is 0 Å². The van der Waals surface area contributed by atoms with Gasteiger partial charge in [0, 0.05) is 19.1 Å². The molecule has 1 aliphatic rings. The van der Waals surface area contributed by atoms with Crippen LogP contribution >= 0.6 is 0 Å². The van der Waals surface area contributed by atoms with Crippen molar-refractivity contribution < 1.29 is 0 Å². The van der Waals surface area contributed by atoms with Crippen LogP contribution in [0.15, 0.2) is 0 Å². The standard InChI is InChI=1S/C14H30N2/c1-5-6-7-16-10-13(4)8-14(11-16)15-9-12(2)3/h12-15H,5-11H2,1-4H3. The highest BCUT2D eigenvalue weighted by Crippen LogP contribution is 2.17. The van der Waals surface area contributed by atoms with Crippen molar-refractivity contribution in [2.45, 2.75) is 53.0 Å². The molecule has 0 spiro atoms. The van der Waals surface area contributed by atoms with Crippen LogP contribution in [0, 0.1) is 11.8 Å². The third-order valence-corrected chi connectivity index (χ3v) is 3.38. The van der Waals surface area contributed by atoms with Crippen molar-refractivity contribution in [3.63, 3.8) is 0 Å². The summed E-state index contributed by atoms with van der Waals surface area (Å²) in [4.78, 5) is 2.65. The average molecular weight is 226 g/mol. The lowest BCUT2D eigenvalue weighted by molar-refractivity contribution is 0.146. The minimum atomic E-state index is 0.725.